The lowest BCUT2D eigenvalue weighted by Gasteiger charge is -2.26. The maximum absolute atomic E-state index is 11.9. The van der Waals surface area contributed by atoms with Gasteiger partial charge in [-0.05, 0) is 24.6 Å². The molecule has 0 bridgehead atoms. The van der Waals surface area contributed by atoms with Gasteiger partial charge in [0.2, 0.25) is 15.9 Å². The van der Waals surface area contributed by atoms with Gasteiger partial charge < -0.3 is 15.5 Å². The van der Waals surface area contributed by atoms with Crippen LogP contribution in [0.1, 0.15) is 13.3 Å². The molecule has 0 atom stereocenters. The Morgan fingerprint density at radius 3 is 2.33 bits per heavy atom. The number of likely N-dealkylation sites (N-methyl/N-ethyl adjacent to an activating group) is 1. The molecule has 1 aromatic rings. The van der Waals surface area contributed by atoms with Crippen molar-refractivity contribution in [2.45, 2.75) is 18.2 Å². The Kier molecular flexibility index (Phi) is 5.56. The molecule has 0 saturated carbocycles. The molecule has 0 heterocycles. The van der Waals surface area contributed by atoms with Gasteiger partial charge in [0.05, 0.1) is 22.8 Å². The van der Waals surface area contributed by atoms with Crippen molar-refractivity contribution in [1.82, 2.24) is 4.90 Å². The average Bonchev–Trinajstić information content (AvgIpc) is 2.36. The molecular formula is C13H22N4O3S. The van der Waals surface area contributed by atoms with E-state index in [-0.39, 0.29) is 23.0 Å². The number of rotatable bonds is 6. The summed E-state index contributed by atoms with van der Waals surface area (Å²) in [6.07, 6.45) is 0.830. The summed E-state index contributed by atoms with van der Waals surface area (Å²) in [5.41, 5.74) is 6.82. The first-order chi connectivity index (χ1) is 9.66. The van der Waals surface area contributed by atoms with Crippen molar-refractivity contribution >= 4 is 27.3 Å². The number of amides is 1. The number of nitrogen functional groups attached to an aromatic ring is 1. The van der Waals surface area contributed by atoms with Gasteiger partial charge in [-0.25, -0.2) is 13.6 Å². The Bertz CT molecular complexity index is 614. The SMILES string of the molecule is CCCN(CC(=O)N(C)C)c1ccc(S(N)(=O)=O)cc1N. The van der Waals surface area contributed by atoms with Crippen molar-refractivity contribution in [1.29, 1.82) is 0 Å². The number of sulfonamides is 1. The van der Waals surface area contributed by atoms with Gasteiger partial charge in [0.1, 0.15) is 0 Å². The number of hydrogen-bond acceptors (Lipinski definition) is 5. The number of anilines is 2. The molecule has 1 amide bonds. The zero-order valence-electron chi connectivity index (χ0n) is 12.5. The van der Waals surface area contributed by atoms with Crippen LogP contribution in [-0.4, -0.2) is 46.4 Å². The third kappa shape index (κ3) is 4.61. The van der Waals surface area contributed by atoms with Gasteiger partial charge in [-0.15, -0.1) is 0 Å². The molecule has 4 N–H and O–H groups in total. The third-order valence-corrected chi connectivity index (χ3v) is 3.90. The Morgan fingerprint density at radius 2 is 1.90 bits per heavy atom. The predicted molar refractivity (Wildman–Crippen MR) is 83.4 cm³/mol. The maximum Gasteiger partial charge on any atom is 0.241 e. The van der Waals surface area contributed by atoms with Crippen LogP contribution in [0.4, 0.5) is 11.4 Å². The number of carbonyl (C=O) groups excluding carboxylic acids is 1. The van der Waals surface area contributed by atoms with Gasteiger partial charge in [-0.2, -0.15) is 0 Å². The average molecular weight is 314 g/mol. The van der Waals surface area contributed by atoms with Gasteiger partial charge in [0.25, 0.3) is 0 Å². The molecule has 0 aliphatic heterocycles. The lowest BCUT2D eigenvalue weighted by molar-refractivity contribution is -0.127. The molecule has 7 nitrogen and oxygen atoms in total. The summed E-state index contributed by atoms with van der Waals surface area (Å²) in [5, 5.41) is 5.07. The standard InChI is InChI=1S/C13H22N4O3S/c1-4-7-17(9-13(18)16(2)3)12-6-5-10(8-11(12)14)21(15,19)20/h5-6,8H,4,7,9,14H2,1-3H3,(H2,15,19,20). The highest BCUT2D eigenvalue weighted by Crippen LogP contribution is 2.26. The molecule has 21 heavy (non-hydrogen) atoms. The summed E-state index contributed by atoms with van der Waals surface area (Å²) in [7, 11) is -0.429. The number of benzene rings is 1. The van der Waals surface area contributed by atoms with Gasteiger partial charge in [-0.3, -0.25) is 4.79 Å². The van der Waals surface area contributed by atoms with E-state index in [0.29, 0.717) is 12.2 Å². The zero-order valence-corrected chi connectivity index (χ0v) is 13.4. The number of carbonyl (C=O) groups is 1. The molecule has 0 unspecified atom stereocenters. The normalized spacial score (nSPS) is 11.2. The predicted octanol–water partition coefficient (Wildman–Crippen LogP) is 0.221. The van der Waals surface area contributed by atoms with Crippen LogP contribution in [0.2, 0.25) is 0 Å². The Labute approximate surface area is 125 Å². The molecule has 1 rings (SSSR count). The summed E-state index contributed by atoms with van der Waals surface area (Å²) in [6.45, 7) is 2.81. The van der Waals surface area contributed by atoms with Crippen LogP contribution in [0.5, 0.6) is 0 Å². The second kappa shape index (κ2) is 6.77. The van der Waals surface area contributed by atoms with Crippen LogP contribution in [-0.2, 0) is 14.8 Å². The molecule has 0 fully saturated rings. The molecule has 0 saturated heterocycles. The molecule has 0 radical (unpaired) electrons. The largest absolute Gasteiger partial charge is 0.397 e. The van der Waals surface area contributed by atoms with Crippen LogP contribution in [0.3, 0.4) is 0 Å². The van der Waals surface area contributed by atoms with Crippen molar-refractivity contribution < 1.29 is 13.2 Å². The smallest absolute Gasteiger partial charge is 0.241 e. The van der Waals surface area contributed by atoms with E-state index in [9.17, 15) is 13.2 Å². The molecule has 8 heteroatoms. The molecular weight excluding hydrogens is 292 g/mol. The topological polar surface area (TPSA) is 110 Å². The second-order valence-electron chi connectivity index (χ2n) is 4.98. The van der Waals surface area contributed by atoms with Crippen molar-refractivity contribution in [2.24, 2.45) is 5.14 Å². The summed E-state index contributed by atoms with van der Waals surface area (Å²) >= 11 is 0. The fraction of sp³-hybridized carbons (Fsp3) is 0.462. The minimum absolute atomic E-state index is 0.0425. The van der Waals surface area contributed by atoms with Crippen molar-refractivity contribution in [3.63, 3.8) is 0 Å². The van der Waals surface area contributed by atoms with E-state index in [2.05, 4.69) is 0 Å². The Balaban J connectivity index is 3.12. The first kappa shape index (κ1) is 17.3. The highest BCUT2D eigenvalue weighted by Gasteiger charge is 2.17. The van der Waals surface area contributed by atoms with E-state index in [1.54, 1.807) is 20.2 Å². The minimum atomic E-state index is -3.79. The van der Waals surface area contributed by atoms with E-state index < -0.39 is 10.0 Å². The number of primary sulfonamides is 1. The molecule has 118 valence electrons. The molecule has 0 spiro atoms. The lowest BCUT2D eigenvalue weighted by atomic mass is 10.2. The molecule has 1 aromatic carbocycles. The van der Waals surface area contributed by atoms with Gasteiger partial charge in [0.15, 0.2) is 0 Å². The highest BCUT2D eigenvalue weighted by atomic mass is 32.2. The van der Waals surface area contributed by atoms with Crippen LogP contribution in [0.25, 0.3) is 0 Å². The fourth-order valence-corrected chi connectivity index (χ4v) is 2.41. The number of nitrogens with zero attached hydrogens (tertiary/aromatic N) is 2. The quantitative estimate of drug-likeness (QED) is 0.730. The first-order valence-corrected chi connectivity index (χ1v) is 8.09. The van der Waals surface area contributed by atoms with Crippen LogP contribution in [0, 0.1) is 0 Å². The van der Waals surface area contributed by atoms with Crippen LogP contribution in [0.15, 0.2) is 23.1 Å². The van der Waals surface area contributed by atoms with Gasteiger partial charge in [-0.1, -0.05) is 6.92 Å². The number of hydrogen-bond donors (Lipinski definition) is 2. The summed E-state index contributed by atoms with van der Waals surface area (Å²) in [6, 6.07) is 4.28. The van der Waals surface area contributed by atoms with Crippen molar-refractivity contribution in [2.75, 3.05) is 37.8 Å². The van der Waals surface area contributed by atoms with Gasteiger partial charge >= 0.3 is 0 Å². The first-order valence-electron chi connectivity index (χ1n) is 6.54. The van der Waals surface area contributed by atoms with Crippen LogP contribution >= 0.6 is 0 Å². The molecule has 0 aromatic heterocycles. The fourth-order valence-electron chi connectivity index (χ4n) is 1.86. The monoisotopic (exact) mass is 314 g/mol. The van der Waals surface area contributed by atoms with Gasteiger partial charge in [0, 0.05) is 20.6 Å². The van der Waals surface area contributed by atoms with E-state index >= 15 is 0 Å². The molecule has 0 aliphatic rings. The Hall–Kier alpha value is -1.80. The van der Waals surface area contributed by atoms with E-state index in [1.807, 2.05) is 11.8 Å². The highest BCUT2D eigenvalue weighted by molar-refractivity contribution is 7.89. The van der Waals surface area contributed by atoms with E-state index in [1.165, 1.54) is 17.0 Å². The second-order valence-corrected chi connectivity index (χ2v) is 6.54. The zero-order chi connectivity index (χ0) is 16.2. The van der Waals surface area contributed by atoms with Crippen LogP contribution < -0.4 is 15.8 Å². The minimum Gasteiger partial charge on any atom is -0.397 e. The third-order valence-electron chi connectivity index (χ3n) is 2.99. The lowest BCUT2D eigenvalue weighted by Crippen LogP contribution is -2.37. The van der Waals surface area contributed by atoms with Crippen molar-refractivity contribution in [3.8, 4) is 0 Å². The maximum atomic E-state index is 11.9. The van der Waals surface area contributed by atoms with E-state index in [0.717, 1.165) is 6.42 Å². The Morgan fingerprint density at radius 1 is 1.29 bits per heavy atom. The van der Waals surface area contributed by atoms with E-state index in [4.69, 9.17) is 10.9 Å². The number of nitrogens with two attached hydrogens (primary N) is 2. The van der Waals surface area contributed by atoms with Crippen molar-refractivity contribution in [3.05, 3.63) is 18.2 Å². The summed E-state index contributed by atoms with van der Waals surface area (Å²) in [5.74, 6) is -0.0571. The summed E-state index contributed by atoms with van der Waals surface area (Å²) in [4.78, 5) is 15.1. The molecule has 0 aliphatic carbocycles. The summed E-state index contributed by atoms with van der Waals surface area (Å²) < 4.78 is 22.6.